The zero-order valence-corrected chi connectivity index (χ0v) is 11.8. The molecule has 0 aromatic rings. The van der Waals surface area contributed by atoms with Crippen LogP contribution in [0.1, 0.15) is 43.4 Å². The van der Waals surface area contributed by atoms with Gasteiger partial charge in [-0.2, -0.15) is 0 Å². The maximum Gasteiger partial charge on any atom is 0.0722 e. The number of ether oxygens (including phenoxy) is 1. The van der Waals surface area contributed by atoms with Gasteiger partial charge >= 0.3 is 0 Å². The molecule has 0 aromatic carbocycles. The van der Waals surface area contributed by atoms with Gasteiger partial charge in [-0.05, 0) is 47.6 Å². The lowest BCUT2D eigenvalue weighted by molar-refractivity contribution is 0.134. The molecule has 0 unspecified atom stereocenters. The predicted molar refractivity (Wildman–Crippen MR) is 77.2 cm³/mol. The van der Waals surface area contributed by atoms with Crippen molar-refractivity contribution in [3.8, 4) is 11.1 Å². The summed E-state index contributed by atoms with van der Waals surface area (Å²) in [5, 5.41) is 0. The highest BCUT2D eigenvalue weighted by Crippen LogP contribution is 2.32. The first kappa shape index (κ1) is 13.1. The van der Waals surface area contributed by atoms with E-state index < -0.39 is 0 Å². The van der Waals surface area contributed by atoms with E-state index in [4.69, 9.17) is 4.74 Å². The Morgan fingerprint density at radius 2 is 1.83 bits per heavy atom. The van der Waals surface area contributed by atoms with Crippen LogP contribution in [-0.4, -0.2) is 6.61 Å². The van der Waals surface area contributed by atoms with Crippen molar-refractivity contribution in [3.63, 3.8) is 0 Å². The second kappa shape index (κ2) is 5.53. The van der Waals surface area contributed by atoms with Crippen LogP contribution in [0.2, 0.25) is 0 Å². The number of hydrogen-bond donors (Lipinski definition) is 0. The normalized spacial score (nSPS) is 11.4. The molecule has 18 heavy (non-hydrogen) atoms. The van der Waals surface area contributed by atoms with E-state index in [9.17, 15) is 0 Å². The van der Waals surface area contributed by atoms with Crippen LogP contribution in [0.3, 0.4) is 0 Å². The van der Waals surface area contributed by atoms with Crippen molar-refractivity contribution >= 4 is 0 Å². The van der Waals surface area contributed by atoms with E-state index in [1.54, 1.807) is 0 Å². The van der Waals surface area contributed by atoms with E-state index in [2.05, 4.69) is 51.1 Å². The highest BCUT2D eigenvalue weighted by Gasteiger charge is 2.12. The van der Waals surface area contributed by atoms with Gasteiger partial charge in [0.2, 0.25) is 0 Å². The maximum atomic E-state index is 5.56. The van der Waals surface area contributed by atoms with E-state index in [0.29, 0.717) is 12.5 Å². The Kier molecular flexibility index (Phi) is 4.03. The molecule has 0 radical (unpaired) electrons. The molecule has 0 aliphatic heterocycles. The second-order valence-electron chi connectivity index (χ2n) is 5.14. The van der Waals surface area contributed by atoms with Crippen molar-refractivity contribution in [2.24, 2.45) is 0 Å². The average molecular weight is 242 g/mol. The van der Waals surface area contributed by atoms with Gasteiger partial charge in [-0.3, -0.25) is 0 Å². The molecule has 0 N–H and O–H groups in total. The van der Waals surface area contributed by atoms with Crippen LogP contribution in [-0.2, 0) is 11.3 Å². The molecule has 0 heterocycles. The van der Waals surface area contributed by atoms with Gasteiger partial charge < -0.3 is 4.74 Å². The maximum absolute atomic E-state index is 5.56. The van der Waals surface area contributed by atoms with E-state index in [1.165, 1.54) is 27.8 Å². The zero-order chi connectivity index (χ0) is 13.1. The molecule has 0 spiro atoms. The smallest absolute Gasteiger partial charge is 0.0722 e. The average Bonchev–Trinajstić information content (AvgIpc) is 2.66. The number of fused-ring (bicyclic) bond motifs is 1. The molecular weight excluding hydrogens is 220 g/mol. The van der Waals surface area contributed by atoms with Crippen LogP contribution >= 0.6 is 0 Å². The lowest BCUT2D eigenvalue weighted by Crippen LogP contribution is -1.92. The Bertz CT molecular complexity index is 499. The summed E-state index contributed by atoms with van der Waals surface area (Å²) in [6, 6.07) is 11.2. The molecule has 2 aliphatic rings. The lowest BCUT2D eigenvalue weighted by Gasteiger charge is -2.06. The summed E-state index contributed by atoms with van der Waals surface area (Å²) >= 11 is 0. The largest absolute Gasteiger partial charge is 0.377 e. The summed E-state index contributed by atoms with van der Waals surface area (Å²) in [7, 11) is 0. The minimum atomic E-state index is 0.551. The summed E-state index contributed by atoms with van der Waals surface area (Å²) in [5.41, 5.74) is 6.70. The van der Waals surface area contributed by atoms with Crippen LogP contribution in [0.4, 0.5) is 0 Å². The molecule has 0 fully saturated rings. The summed E-state index contributed by atoms with van der Waals surface area (Å²) in [5.74, 6) is 0.551. The Balaban J connectivity index is 2.50. The van der Waals surface area contributed by atoms with Crippen molar-refractivity contribution in [1.29, 1.82) is 0 Å². The molecule has 0 atom stereocenters. The summed E-state index contributed by atoms with van der Waals surface area (Å²) in [6.07, 6.45) is 0. The van der Waals surface area contributed by atoms with Gasteiger partial charge in [0.15, 0.2) is 0 Å². The van der Waals surface area contributed by atoms with Crippen molar-refractivity contribution in [1.82, 2.24) is 0 Å². The molecule has 0 aromatic heterocycles. The Morgan fingerprint density at radius 1 is 1.06 bits per heavy atom. The third-order valence-electron chi connectivity index (χ3n) is 3.48. The minimum absolute atomic E-state index is 0.551. The molecule has 1 nitrogen and oxygen atoms in total. The van der Waals surface area contributed by atoms with Crippen molar-refractivity contribution in [3.05, 3.63) is 47.0 Å². The summed E-state index contributed by atoms with van der Waals surface area (Å²) in [6.45, 7) is 10.2. The van der Waals surface area contributed by atoms with Crippen LogP contribution < -0.4 is 0 Å². The van der Waals surface area contributed by atoms with Gasteiger partial charge in [-0.25, -0.2) is 0 Å². The molecule has 2 aliphatic carbocycles. The highest BCUT2D eigenvalue weighted by atomic mass is 16.5. The fourth-order valence-corrected chi connectivity index (χ4v) is 2.27. The van der Waals surface area contributed by atoms with Crippen molar-refractivity contribution < 1.29 is 4.74 Å². The quantitative estimate of drug-likeness (QED) is 0.751. The van der Waals surface area contributed by atoms with Crippen LogP contribution in [0.5, 0.6) is 0 Å². The Labute approximate surface area is 110 Å². The lowest BCUT2D eigenvalue weighted by atomic mass is 10.0. The Hall–Kier alpha value is -1.34. The first-order chi connectivity index (χ1) is 8.63. The van der Waals surface area contributed by atoms with E-state index in [-0.39, 0.29) is 0 Å². The zero-order valence-electron chi connectivity index (χ0n) is 11.8. The fraction of sp³-hybridized carbons (Fsp3) is 0.412. The monoisotopic (exact) mass is 242 g/mol. The van der Waals surface area contributed by atoms with Crippen LogP contribution in [0.15, 0.2) is 30.3 Å². The van der Waals surface area contributed by atoms with Crippen LogP contribution in [0.25, 0.3) is 11.1 Å². The standard InChI is InChI=1S/C17H22O/c1-5-18-11-15-8-9-16-13(4)6-7-14(12(2)3)10-17(15)16/h6-10,12H,5,11H2,1-4H3. The fourth-order valence-electron chi connectivity index (χ4n) is 2.27. The van der Waals surface area contributed by atoms with Crippen molar-refractivity contribution in [2.45, 2.75) is 40.2 Å². The minimum Gasteiger partial charge on any atom is -0.377 e. The van der Waals surface area contributed by atoms with Gasteiger partial charge in [0.1, 0.15) is 0 Å². The molecule has 0 saturated heterocycles. The molecule has 0 amide bonds. The topological polar surface area (TPSA) is 9.23 Å². The number of rotatable bonds is 4. The molecule has 2 rings (SSSR count). The van der Waals surface area contributed by atoms with Gasteiger partial charge in [0, 0.05) is 6.61 Å². The third kappa shape index (κ3) is 2.56. The van der Waals surface area contributed by atoms with E-state index >= 15 is 0 Å². The highest BCUT2D eigenvalue weighted by molar-refractivity contribution is 5.74. The van der Waals surface area contributed by atoms with Crippen molar-refractivity contribution in [2.75, 3.05) is 6.61 Å². The molecule has 1 heteroatoms. The second-order valence-corrected chi connectivity index (χ2v) is 5.14. The van der Waals surface area contributed by atoms with Crippen LogP contribution in [0, 0.1) is 6.92 Å². The van der Waals surface area contributed by atoms with Gasteiger partial charge in [-0.15, -0.1) is 0 Å². The van der Waals surface area contributed by atoms with E-state index in [1.807, 2.05) is 6.92 Å². The number of aryl methyl sites for hydroxylation is 1. The SMILES string of the molecule is CCOCc1ccc2c(C)ccc(C(C)C)cc1-2. The molecule has 96 valence electrons. The third-order valence-corrected chi connectivity index (χ3v) is 3.48. The predicted octanol–water partition coefficient (Wildman–Crippen LogP) is 4.76. The summed E-state index contributed by atoms with van der Waals surface area (Å²) in [4.78, 5) is 0. The molecule has 0 saturated carbocycles. The Morgan fingerprint density at radius 3 is 2.50 bits per heavy atom. The molecular formula is C17H22O. The first-order valence-corrected chi connectivity index (χ1v) is 6.73. The van der Waals surface area contributed by atoms with Gasteiger partial charge in [0.25, 0.3) is 0 Å². The summed E-state index contributed by atoms with van der Waals surface area (Å²) < 4.78 is 5.56. The van der Waals surface area contributed by atoms with Gasteiger partial charge in [-0.1, -0.05) is 44.2 Å². The van der Waals surface area contributed by atoms with E-state index in [0.717, 1.165) is 6.61 Å². The first-order valence-electron chi connectivity index (χ1n) is 6.73. The molecule has 0 bridgehead atoms. The van der Waals surface area contributed by atoms with Gasteiger partial charge in [0.05, 0.1) is 6.61 Å². The number of hydrogen-bond acceptors (Lipinski definition) is 1.